The van der Waals surface area contributed by atoms with Crippen LogP contribution in [0.2, 0.25) is 0 Å². The van der Waals surface area contributed by atoms with Crippen LogP contribution in [0.3, 0.4) is 0 Å². The van der Waals surface area contributed by atoms with Gasteiger partial charge in [0.15, 0.2) is 0 Å². The number of aromatic nitrogens is 2. The molecule has 2 amide bonds. The van der Waals surface area contributed by atoms with Gasteiger partial charge >= 0.3 is 0 Å². The molecule has 0 unspecified atom stereocenters. The second-order valence-corrected chi connectivity index (χ2v) is 10.7. The highest BCUT2D eigenvalue weighted by atomic mass is 16.6. The Hall–Kier alpha value is -4.71. The molecule has 1 saturated heterocycles. The number of nitro benzene ring substituents is 1. The molecule has 220 valence electrons. The summed E-state index contributed by atoms with van der Waals surface area (Å²) in [6, 6.07) is 17.6. The molecule has 43 heavy (non-hydrogen) atoms. The molecule has 1 N–H and O–H groups in total. The van der Waals surface area contributed by atoms with E-state index < -0.39 is 16.7 Å². The van der Waals surface area contributed by atoms with Gasteiger partial charge < -0.3 is 9.64 Å². The van der Waals surface area contributed by atoms with Crippen LogP contribution in [0.5, 0.6) is 0 Å². The smallest absolute Gasteiger partial charge is 0.283 e. The monoisotopic (exact) mass is 580 g/mol. The number of methoxy groups -OCH3 is 1. The molecule has 0 spiro atoms. The molecule has 0 atom stereocenters. The van der Waals surface area contributed by atoms with Crippen LogP contribution in [0.25, 0.3) is 23.1 Å². The largest absolute Gasteiger partial charge is 0.385 e. The van der Waals surface area contributed by atoms with Crippen molar-refractivity contribution < 1.29 is 19.2 Å². The lowest BCUT2D eigenvalue weighted by Crippen LogP contribution is -2.46. The fourth-order valence-electron chi connectivity index (χ4n) is 5.80. The Bertz CT molecular complexity index is 1720. The van der Waals surface area contributed by atoms with E-state index in [1.165, 1.54) is 18.2 Å². The average molecular weight is 581 g/mol. The molecule has 2 aliphatic heterocycles. The highest BCUT2D eigenvalue weighted by Gasteiger charge is 2.42. The second kappa shape index (κ2) is 12.3. The lowest BCUT2D eigenvalue weighted by atomic mass is 10.1. The van der Waals surface area contributed by atoms with Gasteiger partial charge in [-0.3, -0.25) is 29.7 Å². The van der Waals surface area contributed by atoms with Gasteiger partial charge in [-0.2, -0.15) is 5.10 Å². The number of nitrogens with zero attached hydrogens (tertiary/aromatic N) is 5. The summed E-state index contributed by atoms with van der Waals surface area (Å²) in [5.74, 6) is -1.28. The molecular weight excluding hydrogens is 548 g/mol. The molecular formula is C32H32N6O5. The number of anilines is 1. The number of H-pyrrole nitrogens is 1. The van der Waals surface area contributed by atoms with Crippen molar-refractivity contribution >= 4 is 46.2 Å². The van der Waals surface area contributed by atoms with Crippen molar-refractivity contribution in [3.63, 3.8) is 0 Å². The van der Waals surface area contributed by atoms with E-state index in [1.807, 2.05) is 54.6 Å². The Morgan fingerprint density at radius 2 is 1.77 bits per heavy atom. The summed E-state index contributed by atoms with van der Waals surface area (Å²) >= 11 is 0. The number of piperazine rings is 1. The van der Waals surface area contributed by atoms with Gasteiger partial charge in [-0.05, 0) is 41.8 Å². The molecule has 0 bridgehead atoms. The summed E-state index contributed by atoms with van der Waals surface area (Å²) in [4.78, 5) is 44.2. The van der Waals surface area contributed by atoms with Crippen LogP contribution in [-0.2, 0) is 11.3 Å². The normalized spacial score (nSPS) is 16.1. The van der Waals surface area contributed by atoms with Gasteiger partial charge in [0.2, 0.25) is 0 Å². The van der Waals surface area contributed by atoms with Crippen molar-refractivity contribution in [2.75, 3.05) is 51.3 Å². The molecule has 0 aliphatic carbocycles. The summed E-state index contributed by atoms with van der Waals surface area (Å²) in [5.41, 5.74) is 3.02. The Kier molecular flexibility index (Phi) is 8.10. The summed E-state index contributed by atoms with van der Waals surface area (Å²) in [6.45, 7) is 6.11. The maximum Gasteiger partial charge on any atom is 0.283 e. The topological polar surface area (TPSA) is 125 Å². The van der Waals surface area contributed by atoms with Gasteiger partial charge in [0.25, 0.3) is 17.5 Å². The van der Waals surface area contributed by atoms with Crippen molar-refractivity contribution in [2.45, 2.75) is 13.0 Å². The Morgan fingerprint density at radius 1 is 0.977 bits per heavy atom. The number of carbonyl (C=O) groups excluding carboxylic acids is 2. The molecule has 0 saturated carbocycles. The van der Waals surface area contributed by atoms with Gasteiger partial charge in [-0.1, -0.05) is 42.5 Å². The molecule has 11 nitrogen and oxygen atoms in total. The number of ether oxygens (including phenoxy) is 1. The maximum absolute atomic E-state index is 13.7. The molecule has 2 aliphatic rings. The van der Waals surface area contributed by atoms with E-state index in [0.717, 1.165) is 67.1 Å². The quantitative estimate of drug-likeness (QED) is 0.125. The lowest BCUT2D eigenvalue weighted by Gasteiger charge is -2.34. The molecule has 11 heteroatoms. The zero-order valence-electron chi connectivity index (χ0n) is 23.9. The standard InChI is InChI=1S/C32H32N6O5/c1-43-19-5-14-35-15-17-36(18-16-35)21-22-10-11-23(12-13-27-24-6-2-3-8-26(24)33-34-27)29(20-22)37-31(39)25-7-4-9-28(38(41)42)30(25)32(37)40/h2-4,6-13,20H,5,14-19,21H2,1H3,(H,33,34). The zero-order valence-corrected chi connectivity index (χ0v) is 23.9. The molecule has 0 radical (unpaired) electrons. The van der Waals surface area contributed by atoms with Crippen LogP contribution in [0.1, 0.15) is 44.0 Å². The minimum atomic E-state index is -0.700. The van der Waals surface area contributed by atoms with Crippen LogP contribution in [0, 0.1) is 10.1 Å². The van der Waals surface area contributed by atoms with Crippen LogP contribution >= 0.6 is 0 Å². The first-order valence-electron chi connectivity index (χ1n) is 14.3. The Morgan fingerprint density at radius 3 is 2.56 bits per heavy atom. The van der Waals surface area contributed by atoms with Crippen molar-refractivity contribution in [3.05, 3.63) is 98.7 Å². The highest BCUT2D eigenvalue weighted by Crippen LogP contribution is 2.36. The third-order valence-corrected chi connectivity index (χ3v) is 8.04. The number of amides is 2. The molecule has 3 aromatic carbocycles. The zero-order chi connectivity index (χ0) is 29.9. The van der Waals surface area contributed by atoms with Gasteiger partial charge in [-0.15, -0.1) is 0 Å². The minimum Gasteiger partial charge on any atom is -0.385 e. The average Bonchev–Trinajstić information content (AvgIpc) is 3.55. The number of fused-ring (bicyclic) bond motifs is 2. The van der Waals surface area contributed by atoms with E-state index in [9.17, 15) is 19.7 Å². The van der Waals surface area contributed by atoms with E-state index in [4.69, 9.17) is 4.74 Å². The second-order valence-electron chi connectivity index (χ2n) is 10.7. The number of hydrogen-bond donors (Lipinski definition) is 1. The number of imide groups is 1. The number of benzene rings is 3. The van der Waals surface area contributed by atoms with Crippen molar-refractivity contribution in [1.29, 1.82) is 0 Å². The third kappa shape index (κ3) is 5.70. The van der Waals surface area contributed by atoms with Crippen molar-refractivity contribution in [1.82, 2.24) is 20.0 Å². The van der Waals surface area contributed by atoms with Crippen LogP contribution in [0.15, 0.2) is 60.7 Å². The summed E-state index contributed by atoms with van der Waals surface area (Å²) in [6.07, 6.45) is 4.65. The first-order valence-corrected chi connectivity index (χ1v) is 14.3. The van der Waals surface area contributed by atoms with Gasteiger partial charge in [-0.25, -0.2) is 4.90 Å². The molecule has 4 aromatic rings. The van der Waals surface area contributed by atoms with Crippen molar-refractivity contribution in [3.8, 4) is 0 Å². The number of aromatic amines is 1. The molecule has 3 heterocycles. The fraction of sp³-hybridized carbons (Fsp3) is 0.281. The van der Waals surface area contributed by atoms with Crippen LogP contribution in [0.4, 0.5) is 11.4 Å². The summed E-state index contributed by atoms with van der Waals surface area (Å²) in [5, 5.41) is 20.1. The van der Waals surface area contributed by atoms with E-state index in [2.05, 4.69) is 20.0 Å². The van der Waals surface area contributed by atoms with Gasteiger partial charge in [0, 0.05) is 64.4 Å². The molecule has 1 aromatic heterocycles. The van der Waals surface area contributed by atoms with Crippen LogP contribution < -0.4 is 4.90 Å². The minimum absolute atomic E-state index is 0.0300. The number of nitrogens with one attached hydrogen (secondary N) is 1. The third-order valence-electron chi connectivity index (χ3n) is 8.04. The molecule has 6 rings (SSSR count). The van der Waals surface area contributed by atoms with E-state index in [-0.39, 0.29) is 16.8 Å². The number of hydrogen-bond acceptors (Lipinski definition) is 8. The number of rotatable bonds is 10. The predicted molar refractivity (Wildman–Crippen MR) is 164 cm³/mol. The fourth-order valence-corrected chi connectivity index (χ4v) is 5.80. The van der Waals surface area contributed by atoms with Crippen molar-refractivity contribution in [2.24, 2.45) is 0 Å². The first-order chi connectivity index (χ1) is 20.9. The summed E-state index contributed by atoms with van der Waals surface area (Å²) < 4.78 is 5.17. The van der Waals surface area contributed by atoms with E-state index in [1.54, 1.807) is 7.11 Å². The van der Waals surface area contributed by atoms with Gasteiger partial charge in [0.1, 0.15) is 5.56 Å². The predicted octanol–water partition coefficient (Wildman–Crippen LogP) is 4.60. The van der Waals surface area contributed by atoms with E-state index >= 15 is 0 Å². The number of nitro groups is 1. The number of carbonyl (C=O) groups is 2. The first kappa shape index (κ1) is 28.4. The SMILES string of the molecule is COCCCN1CCN(Cc2ccc(C=Cc3n[nH]c4ccccc34)c(N3C(=O)c4cccc([N+](=O)[O-])c4C3=O)c2)CC1. The van der Waals surface area contributed by atoms with E-state index in [0.29, 0.717) is 23.5 Å². The Labute approximate surface area is 248 Å². The van der Waals surface area contributed by atoms with Gasteiger partial charge in [0.05, 0.1) is 27.4 Å². The summed E-state index contributed by atoms with van der Waals surface area (Å²) in [7, 11) is 1.72. The lowest BCUT2D eigenvalue weighted by molar-refractivity contribution is -0.385. The van der Waals surface area contributed by atoms with Crippen LogP contribution in [-0.4, -0.2) is 83.2 Å². The Balaban J connectivity index is 1.31. The molecule has 1 fully saturated rings. The maximum atomic E-state index is 13.7. The highest BCUT2D eigenvalue weighted by molar-refractivity contribution is 6.36. The number of para-hydroxylation sites is 1.